The summed E-state index contributed by atoms with van der Waals surface area (Å²) in [5.41, 5.74) is 4.23. The number of amides is 1. The number of carbonyl (C=O) groups is 1. The van der Waals surface area contributed by atoms with Crippen LogP contribution in [0.3, 0.4) is 0 Å². The molecule has 1 atom stereocenters. The molecule has 3 heterocycles. The molecule has 0 aliphatic carbocycles. The number of nitrogens with zero attached hydrogens (tertiary/aromatic N) is 5. The molecule has 0 bridgehead atoms. The molecule has 1 aliphatic heterocycles. The summed E-state index contributed by atoms with van der Waals surface area (Å²) < 4.78 is 7.57. The molecule has 0 unspecified atom stereocenters. The van der Waals surface area contributed by atoms with Gasteiger partial charge in [0.1, 0.15) is 6.33 Å². The third-order valence-corrected chi connectivity index (χ3v) is 4.99. The highest BCUT2D eigenvalue weighted by Gasteiger charge is 2.23. The first-order valence-electron chi connectivity index (χ1n) is 9.13. The van der Waals surface area contributed by atoms with Crippen molar-refractivity contribution in [3.63, 3.8) is 0 Å². The van der Waals surface area contributed by atoms with Crippen molar-refractivity contribution in [1.29, 1.82) is 0 Å². The van der Waals surface area contributed by atoms with Gasteiger partial charge in [-0.25, -0.2) is 9.97 Å². The van der Waals surface area contributed by atoms with Crippen LogP contribution < -0.4 is 0 Å². The summed E-state index contributed by atoms with van der Waals surface area (Å²) in [6.07, 6.45) is 5.49. The Morgan fingerprint density at radius 3 is 2.92 bits per heavy atom. The molecule has 1 amide bonds. The number of aryl methyl sites for hydroxylation is 3. The van der Waals surface area contributed by atoms with Gasteiger partial charge in [0.05, 0.1) is 19.4 Å². The fourth-order valence-electron chi connectivity index (χ4n) is 3.34. The van der Waals surface area contributed by atoms with Crippen molar-refractivity contribution in [2.45, 2.75) is 33.1 Å². The van der Waals surface area contributed by atoms with E-state index in [1.807, 2.05) is 42.7 Å². The zero-order valence-corrected chi connectivity index (χ0v) is 15.8. The van der Waals surface area contributed by atoms with E-state index in [0.29, 0.717) is 32.7 Å². The Kier molecular flexibility index (Phi) is 5.98. The molecule has 140 valence electrons. The number of carbonyl (C=O) groups excluding carboxylic acids is 1. The van der Waals surface area contributed by atoms with Gasteiger partial charge < -0.3 is 9.64 Å². The SMILES string of the molecule is Cc1cc(C[C@@H]2COCCN(C(=O)CCc3cnn(C)c3C)C2)ncn1. The van der Waals surface area contributed by atoms with Gasteiger partial charge in [-0.05, 0) is 38.3 Å². The van der Waals surface area contributed by atoms with Crippen LogP contribution in [0.5, 0.6) is 0 Å². The fourth-order valence-corrected chi connectivity index (χ4v) is 3.34. The molecule has 2 aromatic rings. The maximum absolute atomic E-state index is 12.7. The van der Waals surface area contributed by atoms with Crippen LogP contribution in [0, 0.1) is 19.8 Å². The molecule has 7 heteroatoms. The minimum atomic E-state index is 0.183. The van der Waals surface area contributed by atoms with Gasteiger partial charge in [0.25, 0.3) is 0 Å². The molecule has 0 spiro atoms. The Morgan fingerprint density at radius 2 is 2.19 bits per heavy atom. The standard InChI is InChI=1S/C19H27N5O2/c1-14-8-18(21-13-20-14)9-16-11-24(6-7-26-12-16)19(25)5-4-17-10-22-23(3)15(17)2/h8,10,13,16H,4-7,9,11-12H2,1-3H3/t16-/m0/s1. The van der Waals surface area contributed by atoms with E-state index in [2.05, 4.69) is 15.1 Å². The highest BCUT2D eigenvalue weighted by atomic mass is 16.5. The van der Waals surface area contributed by atoms with E-state index in [4.69, 9.17) is 4.74 Å². The number of hydrogen-bond acceptors (Lipinski definition) is 5. The van der Waals surface area contributed by atoms with Crippen LogP contribution in [0.15, 0.2) is 18.6 Å². The Balaban J connectivity index is 1.57. The first-order chi connectivity index (χ1) is 12.5. The van der Waals surface area contributed by atoms with E-state index in [1.165, 1.54) is 0 Å². The maximum Gasteiger partial charge on any atom is 0.222 e. The zero-order chi connectivity index (χ0) is 18.5. The van der Waals surface area contributed by atoms with E-state index in [0.717, 1.165) is 35.5 Å². The van der Waals surface area contributed by atoms with Crippen LogP contribution in [0.25, 0.3) is 0 Å². The predicted octanol–water partition coefficient (Wildman–Crippen LogP) is 1.48. The predicted molar refractivity (Wildman–Crippen MR) is 97.6 cm³/mol. The van der Waals surface area contributed by atoms with Crippen LogP contribution in [0.4, 0.5) is 0 Å². The lowest BCUT2D eigenvalue weighted by Crippen LogP contribution is -2.36. The van der Waals surface area contributed by atoms with Crippen LogP contribution in [-0.4, -0.2) is 56.9 Å². The number of rotatable bonds is 5. The molecule has 1 saturated heterocycles. The lowest BCUT2D eigenvalue weighted by atomic mass is 10.0. The first-order valence-corrected chi connectivity index (χ1v) is 9.13. The van der Waals surface area contributed by atoms with Gasteiger partial charge in [0.15, 0.2) is 0 Å². The van der Waals surface area contributed by atoms with Crippen molar-refractivity contribution >= 4 is 5.91 Å². The Hall–Kier alpha value is -2.28. The van der Waals surface area contributed by atoms with Crippen molar-refractivity contribution < 1.29 is 9.53 Å². The van der Waals surface area contributed by atoms with E-state index in [1.54, 1.807) is 6.33 Å². The van der Waals surface area contributed by atoms with Gasteiger partial charge in [0.2, 0.25) is 5.91 Å². The van der Waals surface area contributed by atoms with Gasteiger partial charge in [-0.2, -0.15) is 5.10 Å². The number of hydrogen-bond donors (Lipinski definition) is 0. The molecular formula is C19H27N5O2. The third-order valence-electron chi connectivity index (χ3n) is 4.99. The average Bonchev–Trinajstić information content (AvgIpc) is 2.81. The maximum atomic E-state index is 12.7. The molecule has 0 saturated carbocycles. The quantitative estimate of drug-likeness (QED) is 0.810. The largest absolute Gasteiger partial charge is 0.379 e. The minimum absolute atomic E-state index is 0.183. The molecule has 3 rings (SSSR count). The molecule has 0 N–H and O–H groups in total. The van der Waals surface area contributed by atoms with Crippen molar-refractivity contribution in [3.05, 3.63) is 41.2 Å². The highest BCUT2D eigenvalue weighted by Crippen LogP contribution is 2.15. The monoisotopic (exact) mass is 357 g/mol. The van der Waals surface area contributed by atoms with Crippen molar-refractivity contribution in [1.82, 2.24) is 24.6 Å². The fraction of sp³-hybridized carbons (Fsp3) is 0.579. The summed E-state index contributed by atoms with van der Waals surface area (Å²) in [6, 6.07) is 2.00. The van der Waals surface area contributed by atoms with E-state index in [-0.39, 0.29) is 11.8 Å². The van der Waals surface area contributed by atoms with Gasteiger partial charge in [0, 0.05) is 49.6 Å². The summed E-state index contributed by atoms with van der Waals surface area (Å²) in [5.74, 6) is 0.443. The zero-order valence-electron chi connectivity index (χ0n) is 15.8. The summed E-state index contributed by atoms with van der Waals surface area (Å²) in [6.45, 7) is 6.63. The lowest BCUT2D eigenvalue weighted by Gasteiger charge is -2.23. The van der Waals surface area contributed by atoms with Gasteiger partial charge in [-0.15, -0.1) is 0 Å². The first kappa shape index (κ1) is 18.5. The van der Waals surface area contributed by atoms with Crippen molar-refractivity contribution in [3.8, 4) is 0 Å². The van der Waals surface area contributed by atoms with Gasteiger partial charge in [-0.1, -0.05) is 0 Å². The van der Waals surface area contributed by atoms with E-state index < -0.39 is 0 Å². The minimum Gasteiger partial charge on any atom is -0.379 e. The van der Waals surface area contributed by atoms with Crippen LogP contribution >= 0.6 is 0 Å². The molecule has 0 radical (unpaired) electrons. The Bertz CT molecular complexity index is 758. The molecular weight excluding hydrogens is 330 g/mol. The molecule has 1 fully saturated rings. The van der Waals surface area contributed by atoms with E-state index >= 15 is 0 Å². The number of aromatic nitrogens is 4. The molecule has 26 heavy (non-hydrogen) atoms. The molecule has 0 aromatic carbocycles. The third kappa shape index (κ3) is 4.66. The summed E-state index contributed by atoms with van der Waals surface area (Å²) in [5, 5.41) is 4.25. The molecule has 1 aliphatic rings. The normalized spacial score (nSPS) is 18.0. The molecule has 2 aromatic heterocycles. The summed E-state index contributed by atoms with van der Waals surface area (Å²) in [4.78, 5) is 23.1. The van der Waals surface area contributed by atoms with Crippen LogP contribution in [0.1, 0.15) is 29.1 Å². The van der Waals surface area contributed by atoms with Gasteiger partial charge >= 0.3 is 0 Å². The Morgan fingerprint density at radius 1 is 1.35 bits per heavy atom. The highest BCUT2D eigenvalue weighted by molar-refractivity contribution is 5.76. The molecule has 7 nitrogen and oxygen atoms in total. The smallest absolute Gasteiger partial charge is 0.222 e. The van der Waals surface area contributed by atoms with Crippen molar-refractivity contribution in [2.75, 3.05) is 26.3 Å². The van der Waals surface area contributed by atoms with E-state index in [9.17, 15) is 4.79 Å². The number of ether oxygens (including phenoxy) is 1. The van der Waals surface area contributed by atoms with Crippen LogP contribution in [-0.2, 0) is 29.4 Å². The Labute approximate surface area is 154 Å². The topological polar surface area (TPSA) is 73.1 Å². The second-order valence-electron chi connectivity index (χ2n) is 7.01. The van der Waals surface area contributed by atoms with Gasteiger partial charge in [-0.3, -0.25) is 9.48 Å². The average molecular weight is 357 g/mol. The second kappa shape index (κ2) is 8.40. The summed E-state index contributed by atoms with van der Waals surface area (Å²) in [7, 11) is 1.92. The van der Waals surface area contributed by atoms with Crippen molar-refractivity contribution in [2.24, 2.45) is 13.0 Å². The second-order valence-corrected chi connectivity index (χ2v) is 7.01. The van der Waals surface area contributed by atoms with Crippen LogP contribution in [0.2, 0.25) is 0 Å². The summed E-state index contributed by atoms with van der Waals surface area (Å²) >= 11 is 0. The lowest BCUT2D eigenvalue weighted by molar-refractivity contribution is -0.131.